The molecule has 2 heterocycles. The lowest BCUT2D eigenvalue weighted by Crippen LogP contribution is -1.91. The van der Waals surface area contributed by atoms with Gasteiger partial charge in [-0.05, 0) is 31.0 Å². The van der Waals surface area contributed by atoms with E-state index in [9.17, 15) is 4.79 Å². The normalized spacial score (nSPS) is 11.4. The maximum Gasteiger partial charge on any atom is 0.371 e. The molecule has 2 N–H and O–H groups in total. The first-order chi connectivity index (χ1) is 8.08. The maximum absolute atomic E-state index is 10.8. The van der Waals surface area contributed by atoms with Crippen molar-refractivity contribution in [2.24, 2.45) is 0 Å². The zero-order valence-electron chi connectivity index (χ0n) is 9.50. The Kier molecular flexibility index (Phi) is 1.84. The zero-order chi connectivity index (χ0) is 12.2. The van der Waals surface area contributed by atoms with E-state index in [1.807, 2.05) is 26.0 Å². The second kappa shape index (κ2) is 3.13. The Bertz CT molecular complexity index is 749. The third-order valence-electron chi connectivity index (χ3n) is 3.18. The number of nitrogens with one attached hydrogen (secondary N) is 1. The molecule has 1 aromatic carbocycles. The number of aromatic amines is 1. The average molecular weight is 229 g/mol. The van der Waals surface area contributed by atoms with E-state index in [0.29, 0.717) is 5.58 Å². The van der Waals surface area contributed by atoms with Crippen LogP contribution in [0.5, 0.6) is 0 Å². The molecule has 0 radical (unpaired) electrons. The Morgan fingerprint density at radius 3 is 2.76 bits per heavy atom. The lowest BCUT2D eigenvalue weighted by Gasteiger charge is -2.00. The summed E-state index contributed by atoms with van der Waals surface area (Å²) in [6.07, 6.45) is 0. The summed E-state index contributed by atoms with van der Waals surface area (Å²) in [6.45, 7) is 4.03. The van der Waals surface area contributed by atoms with E-state index in [2.05, 4.69) is 4.98 Å². The van der Waals surface area contributed by atoms with Crippen molar-refractivity contribution in [3.63, 3.8) is 0 Å². The molecular weight excluding hydrogens is 218 g/mol. The number of benzene rings is 1. The Morgan fingerprint density at radius 1 is 1.29 bits per heavy atom. The number of rotatable bonds is 1. The highest BCUT2D eigenvalue weighted by Crippen LogP contribution is 2.31. The van der Waals surface area contributed by atoms with Crippen molar-refractivity contribution in [3.05, 3.63) is 35.1 Å². The van der Waals surface area contributed by atoms with Gasteiger partial charge in [-0.15, -0.1) is 0 Å². The molecule has 0 aliphatic heterocycles. The van der Waals surface area contributed by atoms with E-state index in [4.69, 9.17) is 9.52 Å². The number of H-pyrrole nitrogens is 1. The van der Waals surface area contributed by atoms with Crippen LogP contribution in [0.4, 0.5) is 0 Å². The zero-order valence-corrected chi connectivity index (χ0v) is 9.50. The van der Waals surface area contributed by atoms with Crippen molar-refractivity contribution < 1.29 is 14.3 Å². The fourth-order valence-electron chi connectivity index (χ4n) is 2.13. The van der Waals surface area contributed by atoms with Crippen molar-refractivity contribution in [2.45, 2.75) is 13.8 Å². The molecule has 3 rings (SSSR count). The van der Waals surface area contributed by atoms with E-state index in [1.54, 1.807) is 0 Å². The standard InChI is InChI=1S/C13H11NO3/c1-6-3-4-8-11(7(6)2)12-9(14-8)5-10(17-12)13(15)16/h3-5,14H,1-2H3,(H,15,16). The molecule has 0 saturated heterocycles. The first-order valence-electron chi connectivity index (χ1n) is 5.32. The second-order valence-corrected chi connectivity index (χ2v) is 4.21. The molecular formula is C13H11NO3. The molecule has 0 atom stereocenters. The van der Waals surface area contributed by atoms with Crippen LogP contribution in [0.25, 0.3) is 22.0 Å². The van der Waals surface area contributed by atoms with Gasteiger partial charge in [0, 0.05) is 17.0 Å². The molecule has 0 amide bonds. The predicted octanol–water partition coefficient (Wildman–Crippen LogP) is 3.23. The van der Waals surface area contributed by atoms with Crippen LogP contribution < -0.4 is 0 Å². The van der Waals surface area contributed by atoms with Gasteiger partial charge in [0.25, 0.3) is 0 Å². The van der Waals surface area contributed by atoms with E-state index < -0.39 is 5.97 Å². The molecule has 4 heteroatoms. The summed E-state index contributed by atoms with van der Waals surface area (Å²) >= 11 is 0. The molecule has 4 nitrogen and oxygen atoms in total. The largest absolute Gasteiger partial charge is 0.475 e. The highest BCUT2D eigenvalue weighted by Gasteiger charge is 2.16. The summed E-state index contributed by atoms with van der Waals surface area (Å²) in [4.78, 5) is 14.0. The molecule has 0 spiro atoms. The summed E-state index contributed by atoms with van der Waals surface area (Å²) in [6, 6.07) is 5.53. The predicted molar refractivity (Wildman–Crippen MR) is 64.5 cm³/mol. The van der Waals surface area contributed by atoms with Gasteiger partial charge in [0.1, 0.15) is 0 Å². The molecule has 3 aromatic rings. The highest BCUT2D eigenvalue weighted by molar-refractivity contribution is 6.07. The average Bonchev–Trinajstić information content (AvgIpc) is 2.80. The Labute approximate surface area is 96.8 Å². The molecule has 2 aromatic heterocycles. The van der Waals surface area contributed by atoms with Crippen LogP contribution in [0.3, 0.4) is 0 Å². The lowest BCUT2D eigenvalue weighted by molar-refractivity contribution is 0.0665. The first kappa shape index (κ1) is 9.96. The van der Waals surface area contributed by atoms with Crippen molar-refractivity contribution in [3.8, 4) is 0 Å². The van der Waals surface area contributed by atoms with E-state index in [0.717, 1.165) is 27.5 Å². The Balaban J connectivity index is 2.46. The van der Waals surface area contributed by atoms with Gasteiger partial charge < -0.3 is 14.5 Å². The number of aromatic nitrogens is 1. The van der Waals surface area contributed by atoms with Gasteiger partial charge in [-0.3, -0.25) is 0 Å². The molecule has 0 aliphatic rings. The minimum atomic E-state index is -1.05. The van der Waals surface area contributed by atoms with Crippen LogP contribution in [0.15, 0.2) is 22.6 Å². The van der Waals surface area contributed by atoms with E-state index >= 15 is 0 Å². The highest BCUT2D eigenvalue weighted by atomic mass is 16.4. The second-order valence-electron chi connectivity index (χ2n) is 4.21. The summed E-state index contributed by atoms with van der Waals surface area (Å²) < 4.78 is 5.39. The number of aromatic carboxylic acids is 1. The summed E-state index contributed by atoms with van der Waals surface area (Å²) in [5, 5.41) is 9.86. The minimum absolute atomic E-state index is 0.0333. The number of hydrogen-bond donors (Lipinski definition) is 2. The minimum Gasteiger partial charge on any atom is -0.475 e. The molecule has 0 fully saturated rings. The van der Waals surface area contributed by atoms with Crippen LogP contribution in [0.1, 0.15) is 21.7 Å². The molecule has 0 unspecified atom stereocenters. The number of carbonyl (C=O) groups is 1. The third-order valence-corrected chi connectivity index (χ3v) is 3.18. The van der Waals surface area contributed by atoms with Crippen molar-refractivity contribution in [1.29, 1.82) is 0 Å². The first-order valence-corrected chi connectivity index (χ1v) is 5.32. The van der Waals surface area contributed by atoms with Gasteiger partial charge in [-0.1, -0.05) is 6.07 Å². The molecule has 0 bridgehead atoms. The molecule has 0 saturated carbocycles. The molecule has 0 aliphatic carbocycles. The van der Waals surface area contributed by atoms with Gasteiger partial charge in [0.2, 0.25) is 5.76 Å². The third kappa shape index (κ3) is 1.27. The molecule has 86 valence electrons. The van der Waals surface area contributed by atoms with Gasteiger partial charge in [-0.25, -0.2) is 4.79 Å². The Morgan fingerprint density at radius 2 is 2.06 bits per heavy atom. The SMILES string of the molecule is Cc1ccc2[nH]c3cc(C(=O)O)oc3c2c1C. The topological polar surface area (TPSA) is 66.2 Å². The van der Waals surface area contributed by atoms with Gasteiger partial charge in [-0.2, -0.15) is 0 Å². The molecule has 17 heavy (non-hydrogen) atoms. The van der Waals surface area contributed by atoms with Gasteiger partial charge >= 0.3 is 5.97 Å². The monoisotopic (exact) mass is 229 g/mol. The fourth-order valence-corrected chi connectivity index (χ4v) is 2.13. The van der Waals surface area contributed by atoms with Crippen LogP contribution in [0.2, 0.25) is 0 Å². The summed E-state index contributed by atoms with van der Waals surface area (Å²) in [5.74, 6) is -1.08. The van der Waals surface area contributed by atoms with Gasteiger partial charge in [0.15, 0.2) is 5.58 Å². The number of carboxylic acid groups (broad SMARTS) is 1. The van der Waals surface area contributed by atoms with Crippen LogP contribution in [-0.4, -0.2) is 16.1 Å². The van der Waals surface area contributed by atoms with Crippen molar-refractivity contribution in [1.82, 2.24) is 4.98 Å². The number of furan rings is 1. The number of aryl methyl sites for hydroxylation is 2. The van der Waals surface area contributed by atoms with Crippen molar-refractivity contribution in [2.75, 3.05) is 0 Å². The summed E-state index contributed by atoms with van der Waals surface area (Å²) in [5.41, 5.74) is 4.59. The summed E-state index contributed by atoms with van der Waals surface area (Å²) in [7, 11) is 0. The van der Waals surface area contributed by atoms with Gasteiger partial charge in [0.05, 0.1) is 5.52 Å². The maximum atomic E-state index is 10.8. The number of fused-ring (bicyclic) bond motifs is 3. The quantitative estimate of drug-likeness (QED) is 0.673. The van der Waals surface area contributed by atoms with E-state index in [-0.39, 0.29) is 5.76 Å². The van der Waals surface area contributed by atoms with E-state index in [1.165, 1.54) is 6.07 Å². The smallest absolute Gasteiger partial charge is 0.371 e. The van der Waals surface area contributed by atoms with Crippen molar-refractivity contribution >= 4 is 28.0 Å². The number of hydrogen-bond acceptors (Lipinski definition) is 2. The fraction of sp³-hybridized carbons (Fsp3) is 0.154. The van der Waals surface area contributed by atoms with Crippen LogP contribution in [-0.2, 0) is 0 Å². The lowest BCUT2D eigenvalue weighted by atomic mass is 10.1. The number of carboxylic acids is 1. The Hall–Kier alpha value is -2.23. The van der Waals surface area contributed by atoms with Crippen LogP contribution >= 0.6 is 0 Å². The van der Waals surface area contributed by atoms with Crippen LogP contribution in [0, 0.1) is 13.8 Å².